The third kappa shape index (κ3) is 5.22. The van der Waals surface area contributed by atoms with Crippen LogP contribution < -0.4 is 9.62 Å². The molecule has 1 saturated heterocycles. The average molecular weight is 536 g/mol. The molecule has 0 amide bonds. The van der Waals surface area contributed by atoms with E-state index < -0.39 is 17.5 Å². The van der Waals surface area contributed by atoms with E-state index in [0.29, 0.717) is 47.7 Å². The van der Waals surface area contributed by atoms with Gasteiger partial charge in [0.25, 0.3) is 0 Å². The predicted molar refractivity (Wildman–Crippen MR) is 132 cm³/mol. The zero-order valence-corrected chi connectivity index (χ0v) is 20.4. The molecule has 0 atom stereocenters. The summed E-state index contributed by atoms with van der Waals surface area (Å²) in [6.07, 6.45) is 1.53. The zero-order valence-electron chi connectivity index (χ0n) is 18.0. The van der Waals surface area contributed by atoms with Crippen LogP contribution >= 0.6 is 34.9 Å². The van der Waals surface area contributed by atoms with Crippen LogP contribution in [0.15, 0.2) is 53.6 Å². The van der Waals surface area contributed by atoms with E-state index in [-0.39, 0.29) is 21.4 Å². The fraction of sp³-hybridized carbons (Fsp3) is 0.174. The molecule has 1 N–H and O–H groups in total. The van der Waals surface area contributed by atoms with Crippen molar-refractivity contribution in [3.05, 3.63) is 71.4 Å². The van der Waals surface area contributed by atoms with Crippen molar-refractivity contribution < 1.29 is 17.9 Å². The van der Waals surface area contributed by atoms with Gasteiger partial charge < -0.3 is 14.4 Å². The number of anilines is 2. The second kappa shape index (κ2) is 10.4. The Morgan fingerprint density at radius 2 is 1.89 bits per heavy atom. The van der Waals surface area contributed by atoms with Crippen molar-refractivity contribution in [3.63, 3.8) is 0 Å². The van der Waals surface area contributed by atoms with Gasteiger partial charge >= 0.3 is 0 Å². The Kier molecular flexibility index (Phi) is 7.09. The van der Waals surface area contributed by atoms with E-state index in [1.807, 2.05) is 0 Å². The maximum absolute atomic E-state index is 15.7. The third-order valence-corrected chi connectivity index (χ3v) is 7.35. The highest BCUT2D eigenvalue weighted by Gasteiger charge is 2.24. The average Bonchev–Trinajstić information content (AvgIpc) is 3.31. The van der Waals surface area contributed by atoms with E-state index in [0.717, 1.165) is 30.1 Å². The first-order chi connectivity index (χ1) is 17.0. The summed E-state index contributed by atoms with van der Waals surface area (Å²) in [4.78, 5) is 15.7. The van der Waals surface area contributed by atoms with Crippen LogP contribution in [0.1, 0.15) is 0 Å². The van der Waals surface area contributed by atoms with Gasteiger partial charge in [0, 0.05) is 24.8 Å². The summed E-state index contributed by atoms with van der Waals surface area (Å²) in [5.74, 6) is -1.79. The molecule has 4 aromatic rings. The first kappa shape index (κ1) is 23.9. The number of thiazole rings is 1. The molecule has 0 bridgehead atoms. The molecule has 5 rings (SSSR count). The minimum absolute atomic E-state index is 0.00869. The Morgan fingerprint density at radius 1 is 1.06 bits per heavy atom. The number of aromatic nitrogens is 3. The lowest BCUT2D eigenvalue weighted by molar-refractivity contribution is 0.122. The molecule has 6 nitrogen and oxygen atoms in total. The van der Waals surface area contributed by atoms with Crippen molar-refractivity contribution in [2.75, 3.05) is 35.9 Å². The van der Waals surface area contributed by atoms with E-state index >= 15 is 4.39 Å². The first-order valence-corrected chi connectivity index (χ1v) is 12.5. The number of nitrogens with one attached hydrogen (secondary N) is 1. The van der Waals surface area contributed by atoms with Gasteiger partial charge in [-0.2, -0.15) is 0 Å². The number of hydrogen-bond donors (Lipinski definition) is 1. The SMILES string of the molecule is Fc1ccc(F)c(SNc2cccc(-c3nc(N4CCOCC4)sc3-c3ccnc(Cl)n3)c2F)c1. The van der Waals surface area contributed by atoms with Crippen LogP contribution in [0, 0.1) is 17.5 Å². The van der Waals surface area contributed by atoms with Gasteiger partial charge in [-0.15, -0.1) is 0 Å². The molecule has 12 heteroatoms. The molecule has 3 heterocycles. The minimum Gasteiger partial charge on any atom is -0.378 e. The number of rotatable bonds is 6. The molecular weight excluding hydrogens is 519 g/mol. The van der Waals surface area contributed by atoms with Crippen LogP contribution in [-0.2, 0) is 4.74 Å². The molecule has 2 aromatic heterocycles. The number of nitrogens with zero attached hydrogens (tertiary/aromatic N) is 4. The monoisotopic (exact) mass is 535 g/mol. The van der Waals surface area contributed by atoms with Gasteiger partial charge in [0.2, 0.25) is 5.28 Å². The molecule has 0 radical (unpaired) electrons. The molecular formula is C23H17ClF3N5OS2. The third-order valence-electron chi connectivity index (χ3n) is 5.17. The van der Waals surface area contributed by atoms with Crippen molar-refractivity contribution in [2.24, 2.45) is 0 Å². The zero-order chi connectivity index (χ0) is 24.4. The maximum Gasteiger partial charge on any atom is 0.222 e. The van der Waals surface area contributed by atoms with Crippen molar-refractivity contribution >= 4 is 45.7 Å². The quantitative estimate of drug-likeness (QED) is 0.230. The topological polar surface area (TPSA) is 63.2 Å². The van der Waals surface area contributed by atoms with Crippen molar-refractivity contribution in [2.45, 2.75) is 4.90 Å². The molecule has 35 heavy (non-hydrogen) atoms. The fourth-order valence-electron chi connectivity index (χ4n) is 3.48. The van der Waals surface area contributed by atoms with Gasteiger partial charge in [-0.05, 0) is 59.9 Å². The minimum atomic E-state index is -0.613. The van der Waals surface area contributed by atoms with Gasteiger partial charge in [-0.1, -0.05) is 17.4 Å². The molecule has 0 saturated carbocycles. The highest BCUT2D eigenvalue weighted by Crippen LogP contribution is 2.42. The molecule has 1 fully saturated rings. The Labute approximate surface area is 212 Å². The molecule has 2 aromatic carbocycles. The number of morpholine rings is 1. The lowest BCUT2D eigenvalue weighted by atomic mass is 10.1. The molecule has 1 aliphatic heterocycles. The van der Waals surface area contributed by atoms with Crippen molar-refractivity contribution in [3.8, 4) is 21.8 Å². The molecule has 180 valence electrons. The maximum atomic E-state index is 15.7. The summed E-state index contributed by atoms with van der Waals surface area (Å²) >= 11 is 8.18. The summed E-state index contributed by atoms with van der Waals surface area (Å²) in [6, 6.07) is 9.56. The highest BCUT2D eigenvalue weighted by atomic mass is 35.5. The van der Waals surface area contributed by atoms with E-state index in [1.165, 1.54) is 23.6 Å². The second-order valence-electron chi connectivity index (χ2n) is 7.43. The Balaban J connectivity index is 1.53. The summed E-state index contributed by atoms with van der Waals surface area (Å²) < 4.78 is 51.4. The van der Waals surface area contributed by atoms with E-state index in [9.17, 15) is 8.78 Å². The van der Waals surface area contributed by atoms with Crippen molar-refractivity contribution in [1.82, 2.24) is 15.0 Å². The highest BCUT2D eigenvalue weighted by molar-refractivity contribution is 8.00. The van der Waals surface area contributed by atoms with Gasteiger partial charge in [0.1, 0.15) is 11.6 Å². The van der Waals surface area contributed by atoms with Gasteiger partial charge in [0.15, 0.2) is 10.9 Å². The molecule has 0 spiro atoms. The Bertz CT molecular complexity index is 1370. The van der Waals surface area contributed by atoms with Crippen LogP contribution in [0.25, 0.3) is 21.8 Å². The number of benzene rings is 2. The number of halogens is 4. The van der Waals surface area contributed by atoms with Crippen LogP contribution in [0.5, 0.6) is 0 Å². The van der Waals surface area contributed by atoms with Gasteiger partial charge in [0.05, 0.1) is 40.1 Å². The van der Waals surface area contributed by atoms with Crippen LogP contribution in [0.2, 0.25) is 5.28 Å². The largest absolute Gasteiger partial charge is 0.378 e. The number of hydrogen-bond acceptors (Lipinski definition) is 8. The Hall–Kier alpha value is -2.86. The first-order valence-electron chi connectivity index (χ1n) is 10.5. The lowest BCUT2D eigenvalue weighted by Gasteiger charge is -2.26. The van der Waals surface area contributed by atoms with Gasteiger partial charge in [-0.3, -0.25) is 0 Å². The van der Waals surface area contributed by atoms with Crippen LogP contribution in [-0.4, -0.2) is 41.3 Å². The molecule has 1 aliphatic rings. The summed E-state index contributed by atoms with van der Waals surface area (Å²) in [5.41, 5.74) is 1.25. The van der Waals surface area contributed by atoms with Crippen molar-refractivity contribution in [1.29, 1.82) is 0 Å². The standard InChI is InChI=1S/C23H17ClF3N5OS2/c24-22-28-7-6-17(29-22)21-20(30-23(34-21)32-8-10-33-11-9-32)14-2-1-3-16(19(14)27)31-35-18-12-13(25)4-5-15(18)26/h1-7,12,31H,8-11H2. The summed E-state index contributed by atoms with van der Waals surface area (Å²) in [6.45, 7) is 2.48. The summed E-state index contributed by atoms with van der Waals surface area (Å²) in [5, 5.41) is 0.779. The molecule has 0 aliphatic carbocycles. The molecule has 0 unspecified atom stereocenters. The van der Waals surface area contributed by atoms with Gasteiger partial charge in [-0.25, -0.2) is 28.1 Å². The smallest absolute Gasteiger partial charge is 0.222 e. The van der Waals surface area contributed by atoms with E-state index in [2.05, 4.69) is 19.6 Å². The van der Waals surface area contributed by atoms with Crippen LogP contribution in [0.3, 0.4) is 0 Å². The Morgan fingerprint density at radius 3 is 2.69 bits per heavy atom. The second-order valence-corrected chi connectivity index (χ2v) is 9.59. The van der Waals surface area contributed by atoms with E-state index in [4.69, 9.17) is 21.3 Å². The van der Waals surface area contributed by atoms with E-state index in [1.54, 1.807) is 18.2 Å². The normalized spacial score (nSPS) is 13.8. The predicted octanol–water partition coefficient (Wildman–Crippen LogP) is 6.29. The van der Waals surface area contributed by atoms with Crippen LogP contribution in [0.4, 0.5) is 24.0 Å². The fourth-order valence-corrected chi connectivity index (χ4v) is 5.44. The summed E-state index contributed by atoms with van der Waals surface area (Å²) in [7, 11) is 0. The lowest BCUT2D eigenvalue weighted by Crippen LogP contribution is -2.36. The number of ether oxygens (including phenoxy) is 1.